The summed E-state index contributed by atoms with van der Waals surface area (Å²) in [6, 6.07) is 6.28. The van der Waals surface area contributed by atoms with E-state index in [0.29, 0.717) is 6.54 Å². The topological polar surface area (TPSA) is 29.3 Å². The van der Waals surface area contributed by atoms with Crippen molar-refractivity contribution < 1.29 is 0 Å². The minimum Gasteiger partial charge on any atom is -0.377 e. The Balaban J connectivity index is 3.19. The summed E-state index contributed by atoms with van der Waals surface area (Å²) in [6.45, 7) is 0.602. The van der Waals surface area contributed by atoms with Gasteiger partial charge in [0, 0.05) is 36.8 Å². The first-order valence-corrected chi connectivity index (χ1v) is 5.46. The molecule has 3 heteroatoms. The first-order chi connectivity index (χ1) is 6.20. The third-order valence-corrected chi connectivity index (χ3v) is 2.84. The second-order valence-electron chi connectivity index (χ2n) is 3.06. The Kier molecular flexibility index (Phi) is 3.63. The Morgan fingerprint density at radius 3 is 2.54 bits per heavy atom. The third-order valence-electron chi connectivity index (χ3n) is 2.01. The van der Waals surface area contributed by atoms with Crippen LogP contribution in [0, 0.1) is 0 Å². The van der Waals surface area contributed by atoms with Crippen molar-refractivity contribution >= 4 is 17.4 Å². The van der Waals surface area contributed by atoms with Crippen LogP contribution in [0.1, 0.15) is 5.56 Å². The molecule has 0 heterocycles. The van der Waals surface area contributed by atoms with E-state index in [-0.39, 0.29) is 0 Å². The van der Waals surface area contributed by atoms with E-state index in [2.05, 4.69) is 29.4 Å². The highest BCUT2D eigenvalue weighted by atomic mass is 32.2. The number of anilines is 1. The summed E-state index contributed by atoms with van der Waals surface area (Å²) in [4.78, 5) is 3.37. The molecule has 0 aliphatic carbocycles. The molecule has 1 aromatic rings. The van der Waals surface area contributed by atoms with Crippen molar-refractivity contribution in [2.24, 2.45) is 5.73 Å². The van der Waals surface area contributed by atoms with Gasteiger partial charge in [0.25, 0.3) is 0 Å². The number of hydrogen-bond acceptors (Lipinski definition) is 3. The zero-order valence-electron chi connectivity index (χ0n) is 8.37. The quantitative estimate of drug-likeness (QED) is 0.749. The normalized spacial score (nSPS) is 10.2. The van der Waals surface area contributed by atoms with Crippen LogP contribution in [0.3, 0.4) is 0 Å². The molecule has 2 nitrogen and oxygen atoms in total. The van der Waals surface area contributed by atoms with Crippen LogP contribution in [0.15, 0.2) is 23.1 Å². The Hall–Kier alpha value is -0.670. The smallest absolute Gasteiger partial charge is 0.0417 e. The minimum absolute atomic E-state index is 0.602. The van der Waals surface area contributed by atoms with Crippen molar-refractivity contribution in [2.75, 3.05) is 25.3 Å². The minimum atomic E-state index is 0.602. The third kappa shape index (κ3) is 2.17. The molecule has 0 spiro atoms. The molecule has 0 aliphatic rings. The van der Waals surface area contributed by atoms with Crippen LogP contribution in [0.2, 0.25) is 0 Å². The van der Waals surface area contributed by atoms with Gasteiger partial charge in [0.05, 0.1) is 0 Å². The first-order valence-electron chi connectivity index (χ1n) is 4.24. The van der Waals surface area contributed by atoms with Crippen LogP contribution in [0.25, 0.3) is 0 Å². The fourth-order valence-electron chi connectivity index (χ4n) is 1.37. The molecule has 0 saturated carbocycles. The fraction of sp³-hybridized carbons (Fsp3) is 0.400. The van der Waals surface area contributed by atoms with E-state index in [1.165, 1.54) is 16.1 Å². The Morgan fingerprint density at radius 1 is 1.38 bits per heavy atom. The molecule has 2 N–H and O–H groups in total. The van der Waals surface area contributed by atoms with Crippen LogP contribution in [-0.4, -0.2) is 20.4 Å². The number of rotatable bonds is 3. The van der Waals surface area contributed by atoms with E-state index >= 15 is 0 Å². The maximum Gasteiger partial charge on any atom is 0.0417 e. The van der Waals surface area contributed by atoms with Crippen LogP contribution >= 0.6 is 11.8 Å². The molecular weight excluding hydrogens is 180 g/mol. The molecule has 0 aromatic heterocycles. The average molecular weight is 196 g/mol. The molecule has 0 fully saturated rings. The molecule has 0 saturated heterocycles. The summed E-state index contributed by atoms with van der Waals surface area (Å²) in [7, 11) is 4.08. The molecule has 13 heavy (non-hydrogen) atoms. The summed E-state index contributed by atoms with van der Waals surface area (Å²) >= 11 is 1.74. The van der Waals surface area contributed by atoms with E-state index in [1.54, 1.807) is 11.8 Å². The van der Waals surface area contributed by atoms with E-state index in [0.717, 1.165) is 0 Å². The van der Waals surface area contributed by atoms with Gasteiger partial charge in [-0.05, 0) is 18.4 Å². The zero-order chi connectivity index (χ0) is 9.84. The highest BCUT2D eigenvalue weighted by Gasteiger charge is 2.06. The Labute approximate surface area is 84.1 Å². The van der Waals surface area contributed by atoms with E-state index < -0.39 is 0 Å². The van der Waals surface area contributed by atoms with Gasteiger partial charge in [-0.2, -0.15) is 0 Å². The monoisotopic (exact) mass is 196 g/mol. The van der Waals surface area contributed by atoms with Crippen LogP contribution in [0.5, 0.6) is 0 Å². The SMILES string of the molecule is CSc1cccc(N(C)C)c1CN. The predicted octanol–water partition coefficient (Wildman–Crippen LogP) is 1.93. The van der Waals surface area contributed by atoms with E-state index in [9.17, 15) is 0 Å². The molecule has 0 bridgehead atoms. The van der Waals surface area contributed by atoms with Gasteiger partial charge in [0.1, 0.15) is 0 Å². The maximum absolute atomic E-state index is 5.72. The number of nitrogens with zero attached hydrogens (tertiary/aromatic N) is 1. The lowest BCUT2D eigenvalue weighted by molar-refractivity contribution is 0.992. The van der Waals surface area contributed by atoms with Crippen LogP contribution in [-0.2, 0) is 6.54 Å². The lowest BCUT2D eigenvalue weighted by Crippen LogP contribution is -2.13. The number of benzene rings is 1. The molecule has 0 aliphatic heterocycles. The molecular formula is C10H16N2S. The van der Waals surface area contributed by atoms with Crippen molar-refractivity contribution in [1.29, 1.82) is 0 Å². The van der Waals surface area contributed by atoms with Gasteiger partial charge < -0.3 is 10.6 Å². The summed E-state index contributed by atoms with van der Waals surface area (Å²) in [5.41, 5.74) is 8.18. The van der Waals surface area contributed by atoms with Crippen molar-refractivity contribution in [3.63, 3.8) is 0 Å². The Bertz CT molecular complexity index is 284. The van der Waals surface area contributed by atoms with Gasteiger partial charge >= 0.3 is 0 Å². The highest BCUT2D eigenvalue weighted by molar-refractivity contribution is 7.98. The predicted molar refractivity (Wildman–Crippen MR) is 60.4 cm³/mol. The number of thioether (sulfide) groups is 1. The fourth-order valence-corrected chi connectivity index (χ4v) is 2.02. The van der Waals surface area contributed by atoms with Gasteiger partial charge in [0.15, 0.2) is 0 Å². The van der Waals surface area contributed by atoms with E-state index in [4.69, 9.17) is 5.73 Å². The second kappa shape index (κ2) is 4.53. The van der Waals surface area contributed by atoms with Crippen molar-refractivity contribution in [2.45, 2.75) is 11.4 Å². The molecule has 0 amide bonds. The average Bonchev–Trinajstić information content (AvgIpc) is 2.16. The number of nitrogens with two attached hydrogens (primary N) is 1. The molecule has 1 rings (SSSR count). The van der Waals surface area contributed by atoms with Gasteiger partial charge in [-0.15, -0.1) is 11.8 Å². The van der Waals surface area contributed by atoms with E-state index in [1.807, 2.05) is 14.1 Å². The maximum atomic E-state index is 5.72. The van der Waals surface area contributed by atoms with Crippen LogP contribution < -0.4 is 10.6 Å². The molecule has 0 unspecified atom stereocenters. The van der Waals surface area contributed by atoms with Crippen molar-refractivity contribution in [3.05, 3.63) is 23.8 Å². The number of hydrogen-bond donors (Lipinski definition) is 1. The molecule has 1 aromatic carbocycles. The van der Waals surface area contributed by atoms with Crippen molar-refractivity contribution in [1.82, 2.24) is 0 Å². The second-order valence-corrected chi connectivity index (χ2v) is 3.90. The van der Waals surface area contributed by atoms with Gasteiger partial charge in [-0.3, -0.25) is 0 Å². The highest BCUT2D eigenvalue weighted by Crippen LogP contribution is 2.27. The lowest BCUT2D eigenvalue weighted by atomic mass is 10.1. The summed E-state index contributed by atoms with van der Waals surface area (Å²) in [6.07, 6.45) is 2.08. The molecule has 0 radical (unpaired) electrons. The molecule has 72 valence electrons. The largest absolute Gasteiger partial charge is 0.377 e. The molecule has 0 atom stereocenters. The lowest BCUT2D eigenvalue weighted by Gasteiger charge is -2.18. The summed E-state index contributed by atoms with van der Waals surface area (Å²) in [5, 5.41) is 0. The summed E-state index contributed by atoms with van der Waals surface area (Å²) in [5.74, 6) is 0. The Morgan fingerprint density at radius 2 is 2.08 bits per heavy atom. The van der Waals surface area contributed by atoms with Gasteiger partial charge in [-0.25, -0.2) is 0 Å². The zero-order valence-corrected chi connectivity index (χ0v) is 9.19. The summed E-state index contributed by atoms with van der Waals surface area (Å²) < 4.78 is 0. The van der Waals surface area contributed by atoms with Crippen molar-refractivity contribution in [3.8, 4) is 0 Å². The van der Waals surface area contributed by atoms with Gasteiger partial charge in [0.2, 0.25) is 0 Å². The standard InChI is InChI=1S/C10H16N2S/c1-12(2)9-5-4-6-10(13-3)8(9)7-11/h4-6H,7,11H2,1-3H3. The van der Waals surface area contributed by atoms with Crippen LogP contribution in [0.4, 0.5) is 5.69 Å². The first kappa shape index (κ1) is 10.4. The van der Waals surface area contributed by atoms with Gasteiger partial charge in [-0.1, -0.05) is 6.07 Å².